The molecular formula is C16H21N3S. The highest BCUT2D eigenvalue weighted by molar-refractivity contribution is 7.99. The summed E-state index contributed by atoms with van der Waals surface area (Å²) in [5.74, 6) is 0. The molecule has 20 heavy (non-hydrogen) atoms. The highest BCUT2D eigenvalue weighted by atomic mass is 32.2. The second-order valence-corrected chi connectivity index (χ2v) is 6.61. The van der Waals surface area contributed by atoms with Crippen LogP contribution in [-0.2, 0) is 0 Å². The number of aromatic nitrogens is 1. The molecular weight excluding hydrogens is 266 g/mol. The summed E-state index contributed by atoms with van der Waals surface area (Å²) < 4.78 is 0. The molecule has 1 fully saturated rings. The molecule has 2 atom stereocenters. The number of hydrogen-bond donors (Lipinski definition) is 2. The van der Waals surface area contributed by atoms with Crippen molar-refractivity contribution in [1.29, 1.82) is 0 Å². The molecule has 0 spiro atoms. The molecule has 0 radical (unpaired) electrons. The molecule has 1 aliphatic carbocycles. The first-order valence-electron chi connectivity index (χ1n) is 7.20. The minimum absolute atomic E-state index is 0.523. The minimum Gasteiger partial charge on any atom is -0.396 e. The Labute approximate surface area is 124 Å². The van der Waals surface area contributed by atoms with Gasteiger partial charge in [-0.1, -0.05) is 24.6 Å². The number of hydrogen-bond acceptors (Lipinski definition) is 4. The van der Waals surface area contributed by atoms with Crippen LogP contribution in [0.3, 0.4) is 0 Å². The number of nitrogens with one attached hydrogen (secondary N) is 1. The molecule has 2 aromatic rings. The Kier molecular flexibility index (Phi) is 4.01. The zero-order valence-electron chi connectivity index (χ0n) is 11.8. The van der Waals surface area contributed by atoms with E-state index in [-0.39, 0.29) is 0 Å². The van der Waals surface area contributed by atoms with E-state index in [1.165, 1.54) is 25.7 Å². The number of nitrogen functional groups attached to an aromatic ring is 1. The predicted octanol–water partition coefficient (Wildman–Crippen LogP) is 3.90. The lowest BCUT2D eigenvalue weighted by Gasteiger charge is -2.30. The van der Waals surface area contributed by atoms with Gasteiger partial charge >= 0.3 is 0 Å². The van der Waals surface area contributed by atoms with Crippen molar-refractivity contribution in [1.82, 2.24) is 4.98 Å². The van der Waals surface area contributed by atoms with Crippen molar-refractivity contribution in [3.05, 3.63) is 30.5 Å². The zero-order valence-corrected chi connectivity index (χ0v) is 12.6. The van der Waals surface area contributed by atoms with Crippen LogP contribution in [0.2, 0.25) is 0 Å². The van der Waals surface area contributed by atoms with Crippen molar-refractivity contribution >= 4 is 34.0 Å². The standard InChI is InChI=1S/C16H21N3S/c1-20-12-6-4-5-11(9-12)19-16-13-7-2-3-8-15(13)18-10-14(16)17/h2-3,7-8,10-12H,4-6,9,17H2,1H3,(H,18,19). The summed E-state index contributed by atoms with van der Waals surface area (Å²) in [6, 6.07) is 8.70. The van der Waals surface area contributed by atoms with E-state index in [0.717, 1.165) is 27.5 Å². The molecule has 0 amide bonds. The number of rotatable bonds is 3. The lowest BCUT2D eigenvalue weighted by atomic mass is 9.94. The molecule has 3 N–H and O–H groups in total. The quantitative estimate of drug-likeness (QED) is 0.899. The van der Waals surface area contributed by atoms with Gasteiger partial charge in [-0.3, -0.25) is 4.98 Å². The highest BCUT2D eigenvalue weighted by Gasteiger charge is 2.22. The third-order valence-electron chi connectivity index (χ3n) is 4.11. The smallest absolute Gasteiger partial charge is 0.0743 e. The molecule has 2 unspecified atom stereocenters. The molecule has 1 heterocycles. The largest absolute Gasteiger partial charge is 0.396 e. The Morgan fingerprint density at radius 1 is 1.30 bits per heavy atom. The number of nitrogens with two attached hydrogens (primary N) is 1. The number of nitrogens with zero attached hydrogens (tertiary/aromatic N) is 1. The predicted molar refractivity (Wildman–Crippen MR) is 89.3 cm³/mol. The van der Waals surface area contributed by atoms with E-state index in [4.69, 9.17) is 5.73 Å². The first-order valence-corrected chi connectivity index (χ1v) is 8.49. The van der Waals surface area contributed by atoms with Gasteiger partial charge in [-0.2, -0.15) is 11.8 Å². The van der Waals surface area contributed by atoms with Crippen molar-refractivity contribution in [2.24, 2.45) is 0 Å². The molecule has 0 bridgehead atoms. The van der Waals surface area contributed by atoms with E-state index in [1.54, 1.807) is 6.20 Å². The Hall–Kier alpha value is -1.42. The van der Waals surface area contributed by atoms with E-state index in [2.05, 4.69) is 22.6 Å². The Balaban J connectivity index is 1.88. The van der Waals surface area contributed by atoms with E-state index in [9.17, 15) is 0 Å². The topological polar surface area (TPSA) is 50.9 Å². The van der Waals surface area contributed by atoms with Gasteiger partial charge in [0.2, 0.25) is 0 Å². The second kappa shape index (κ2) is 5.92. The molecule has 1 aliphatic rings. The molecule has 1 saturated carbocycles. The molecule has 1 aromatic carbocycles. The van der Waals surface area contributed by atoms with E-state index in [1.807, 2.05) is 30.0 Å². The van der Waals surface area contributed by atoms with Gasteiger partial charge < -0.3 is 11.1 Å². The number of thioether (sulfide) groups is 1. The number of benzene rings is 1. The Morgan fingerprint density at radius 2 is 2.15 bits per heavy atom. The molecule has 106 valence electrons. The fraction of sp³-hybridized carbons (Fsp3) is 0.438. The average Bonchev–Trinajstić information content (AvgIpc) is 2.50. The number of anilines is 2. The van der Waals surface area contributed by atoms with Gasteiger partial charge in [0.1, 0.15) is 0 Å². The average molecular weight is 287 g/mol. The van der Waals surface area contributed by atoms with Gasteiger partial charge in [-0.25, -0.2) is 0 Å². The maximum atomic E-state index is 6.14. The van der Waals surface area contributed by atoms with E-state index >= 15 is 0 Å². The van der Waals surface area contributed by atoms with Crippen LogP contribution in [0.5, 0.6) is 0 Å². The van der Waals surface area contributed by atoms with Crippen molar-refractivity contribution in [3.63, 3.8) is 0 Å². The van der Waals surface area contributed by atoms with Crippen molar-refractivity contribution in [2.75, 3.05) is 17.3 Å². The molecule has 1 aromatic heterocycles. The van der Waals surface area contributed by atoms with Crippen LogP contribution in [0.1, 0.15) is 25.7 Å². The van der Waals surface area contributed by atoms with Gasteiger partial charge in [0.05, 0.1) is 23.1 Å². The van der Waals surface area contributed by atoms with Crippen LogP contribution in [-0.4, -0.2) is 22.5 Å². The first-order chi connectivity index (χ1) is 9.78. The summed E-state index contributed by atoms with van der Waals surface area (Å²) in [4.78, 5) is 4.40. The van der Waals surface area contributed by atoms with Gasteiger partial charge in [0.25, 0.3) is 0 Å². The van der Waals surface area contributed by atoms with Crippen molar-refractivity contribution < 1.29 is 0 Å². The lowest BCUT2D eigenvalue weighted by molar-refractivity contribution is 0.474. The minimum atomic E-state index is 0.523. The fourth-order valence-electron chi connectivity index (χ4n) is 3.01. The van der Waals surface area contributed by atoms with Gasteiger partial charge in [-0.15, -0.1) is 0 Å². The van der Waals surface area contributed by atoms with Crippen LogP contribution < -0.4 is 11.1 Å². The van der Waals surface area contributed by atoms with E-state index in [0.29, 0.717) is 6.04 Å². The number of fused-ring (bicyclic) bond motifs is 1. The molecule has 0 aliphatic heterocycles. The highest BCUT2D eigenvalue weighted by Crippen LogP contribution is 2.33. The molecule has 4 heteroatoms. The fourth-order valence-corrected chi connectivity index (χ4v) is 3.84. The third-order valence-corrected chi connectivity index (χ3v) is 5.21. The number of pyridine rings is 1. The van der Waals surface area contributed by atoms with Crippen molar-refractivity contribution in [2.45, 2.75) is 37.0 Å². The maximum Gasteiger partial charge on any atom is 0.0743 e. The Morgan fingerprint density at radius 3 is 3.00 bits per heavy atom. The van der Waals surface area contributed by atoms with Crippen LogP contribution in [0, 0.1) is 0 Å². The summed E-state index contributed by atoms with van der Waals surface area (Å²) in [7, 11) is 0. The zero-order chi connectivity index (χ0) is 13.9. The summed E-state index contributed by atoms with van der Waals surface area (Å²) in [5.41, 5.74) is 8.95. The summed E-state index contributed by atoms with van der Waals surface area (Å²) in [6.45, 7) is 0. The maximum absolute atomic E-state index is 6.14. The van der Waals surface area contributed by atoms with Crippen LogP contribution >= 0.6 is 11.8 Å². The normalized spacial score (nSPS) is 22.9. The van der Waals surface area contributed by atoms with Gasteiger partial charge in [-0.05, 0) is 31.6 Å². The monoisotopic (exact) mass is 287 g/mol. The molecule has 0 saturated heterocycles. The SMILES string of the molecule is CSC1CCCC(Nc2c(N)cnc3ccccc23)C1. The Bertz CT molecular complexity index is 599. The second-order valence-electron chi connectivity index (χ2n) is 5.47. The van der Waals surface area contributed by atoms with Gasteiger partial charge in [0, 0.05) is 16.7 Å². The summed E-state index contributed by atoms with van der Waals surface area (Å²) in [5, 5.41) is 5.58. The summed E-state index contributed by atoms with van der Waals surface area (Å²) in [6.07, 6.45) is 9.06. The van der Waals surface area contributed by atoms with Crippen LogP contribution in [0.15, 0.2) is 30.5 Å². The first kappa shape index (κ1) is 13.6. The lowest BCUT2D eigenvalue weighted by Crippen LogP contribution is -2.29. The van der Waals surface area contributed by atoms with Crippen LogP contribution in [0.25, 0.3) is 10.9 Å². The van der Waals surface area contributed by atoms with Crippen LogP contribution in [0.4, 0.5) is 11.4 Å². The summed E-state index contributed by atoms with van der Waals surface area (Å²) >= 11 is 1.98. The van der Waals surface area contributed by atoms with Crippen molar-refractivity contribution in [3.8, 4) is 0 Å². The molecule has 3 nitrogen and oxygen atoms in total. The molecule has 3 rings (SSSR count). The third kappa shape index (κ3) is 2.70. The van der Waals surface area contributed by atoms with Gasteiger partial charge in [0.15, 0.2) is 0 Å². The number of para-hydroxylation sites is 1. The van der Waals surface area contributed by atoms with E-state index < -0.39 is 0 Å².